The van der Waals surface area contributed by atoms with E-state index in [0.29, 0.717) is 13.2 Å². The molecular weight excluding hydrogens is 284 g/mol. The highest BCUT2D eigenvalue weighted by Crippen LogP contribution is 2.29. The summed E-state index contributed by atoms with van der Waals surface area (Å²) in [6.45, 7) is 5.99. The second-order valence-corrected chi connectivity index (χ2v) is 5.56. The number of hydrogen-bond acceptors (Lipinski definition) is 5. The lowest BCUT2D eigenvalue weighted by molar-refractivity contribution is 0.266. The highest BCUT2D eigenvalue weighted by atomic mass is 32.1. The first kappa shape index (κ1) is 15.8. The molecule has 1 N–H and O–H groups in total. The molecular formula is C16H22N2O2S. The third-order valence-electron chi connectivity index (χ3n) is 2.97. The van der Waals surface area contributed by atoms with Gasteiger partial charge in [0.1, 0.15) is 6.61 Å². The highest BCUT2D eigenvalue weighted by Gasteiger charge is 2.08. The maximum atomic E-state index is 5.87. The van der Waals surface area contributed by atoms with Crippen LogP contribution in [0.2, 0.25) is 0 Å². The summed E-state index contributed by atoms with van der Waals surface area (Å²) in [6.07, 6.45) is 0.966. The zero-order valence-corrected chi connectivity index (χ0v) is 13.6. The Labute approximate surface area is 130 Å². The van der Waals surface area contributed by atoms with Crippen molar-refractivity contribution in [2.24, 2.45) is 0 Å². The number of rotatable bonds is 8. The molecule has 5 heteroatoms. The number of thiazole rings is 1. The monoisotopic (exact) mass is 306 g/mol. The second kappa shape index (κ2) is 8.00. The van der Waals surface area contributed by atoms with Gasteiger partial charge in [-0.05, 0) is 38.1 Å². The number of benzene rings is 1. The molecule has 0 fully saturated rings. The van der Waals surface area contributed by atoms with Crippen molar-refractivity contribution in [3.63, 3.8) is 0 Å². The molecule has 0 saturated heterocycles. The van der Waals surface area contributed by atoms with E-state index in [2.05, 4.69) is 22.6 Å². The summed E-state index contributed by atoms with van der Waals surface area (Å²) < 4.78 is 11.5. The molecule has 0 amide bonds. The minimum Gasteiger partial charge on any atom is -0.490 e. The van der Waals surface area contributed by atoms with Gasteiger partial charge < -0.3 is 14.8 Å². The van der Waals surface area contributed by atoms with E-state index in [0.717, 1.165) is 35.2 Å². The molecule has 0 unspecified atom stereocenters. The van der Waals surface area contributed by atoms with E-state index in [9.17, 15) is 0 Å². The lowest BCUT2D eigenvalue weighted by atomic mass is 10.2. The number of nitrogens with zero attached hydrogens (tertiary/aromatic N) is 1. The molecule has 0 radical (unpaired) electrons. The molecule has 1 heterocycles. The molecule has 2 rings (SSSR count). The smallest absolute Gasteiger partial charge is 0.161 e. The van der Waals surface area contributed by atoms with Crippen LogP contribution in [0, 0.1) is 0 Å². The predicted octanol–water partition coefficient (Wildman–Crippen LogP) is 3.40. The Kier molecular flexibility index (Phi) is 6.02. The van der Waals surface area contributed by atoms with Crippen molar-refractivity contribution in [2.45, 2.75) is 33.4 Å². The number of ether oxygens (including phenoxy) is 2. The van der Waals surface area contributed by atoms with Gasteiger partial charge in [0, 0.05) is 11.9 Å². The summed E-state index contributed by atoms with van der Waals surface area (Å²) in [6, 6.07) is 6.03. The Morgan fingerprint density at radius 1 is 1.19 bits per heavy atom. The molecule has 0 bridgehead atoms. The van der Waals surface area contributed by atoms with Crippen LogP contribution in [-0.4, -0.2) is 18.6 Å². The molecule has 0 aliphatic carbocycles. The minimum atomic E-state index is 0.474. The number of nitrogens with one attached hydrogen (secondary N) is 1. The quantitative estimate of drug-likeness (QED) is 0.812. The standard InChI is InChI=1S/C16H22N2O2S/c1-4-16-18-13(11-21-16)10-20-14-7-6-12(9-17-3)8-15(14)19-5-2/h6-8,11,17H,4-5,9-10H2,1-3H3. The lowest BCUT2D eigenvalue weighted by Crippen LogP contribution is -2.06. The lowest BCUT2D eigenvalue weighted by Gasteiger charge is -2.12. The summed E-state index contributed by atoms with van der Waals surface area (Å²) in [5.74, 6) is 1.55. The molecule has 1 aromatic carbocycles. The van der Waals surface area contributed by atoms with Crippen LogP contribution in [-0.2, 0) is 19.6 Å². The molecule has 0 aliphatic heterocycles. The zero-order valence-electron chi connectivity index (χ0n) is 12.8. The van der Waals surface area contributed by atoms with Gasteiger partial charge in [-0.2, -0.15) is 0 Å². The number of aryl methyl sites for hydroxylation is 1. The first-order valence-corrected chi connectivity index (χ1v) is 8.11. The fourth-order valence-corrected chi connectivity index (χ4v) is 2.71. The Balaban J connectivity index is 2.07. The van der Waals surface area contributed by atoms with E-state index in [-0.39, 0.29) is 0 Å². The van der Waals surface area contributed by atoms with E-state index >= 15 is 0 Å². The van der Waals surface area contributed by atoms with E-state index in [1.807, 2.05) is 32.2 Å². The Morgan fingerprint density at radius 2 is 2.05 bits per heavy atom. The third kappa shape index (κ3) is 4.44. The fraction of sp³-hybridized carbons (Fsp3) is 0.438. The van der Waals surface area contributed by atoms with Gasteiger partial charge in [-0.15, -0.1) is 11.3 Å². The molecule has 114 valence electrons. The van der Waals surface area contributed by atoms with Crippen LogP contribution < -0.4 is 14.8 Å². The van der Waals surface area contributed by atoms with Crippen LogP contribution >= 0.6 is 11.3 Å². The number of aromatic nitrogens is 1. The van der Waals surface area contributed by atoms with Crippen LogP contribution in [0.1, 0.15) is 30.1 Å². The summed E-state index contributed by atoms with van der Waals surface area (Å²) in [5, 5.41) is 6.33. The third-order valence-corrected chi connectivity index (χ3v) is 4.01. The molecule has 0 aliphatic rings. The second-order valence-electron chi connectivity index (χ2n) is 4.62. The van der Waals surface area contributed by atoms with Gasteiger partial charge in [0.05, 0.1) is 17.3 Å². The van der Waals surface area contributed by atoms with Crippen LogP contribution in [0.25, 0.3) is 0 Å². The van der Waals surface area contributed by atoms with Gasteiger partial charge in [0.25, 0.3) is 0 Å². The first-order valence-electron chi connectivity index (χ1n) is 7.23. The van der Waals surface area contributed by atoms with Crippen LogP contribution in [0.4, 0.5) is 0 Å². The Bertz CT molecular complexity index is 569. The van der Waals surface area contributed by atoms with E-state index < -0.39 is 0 Å². The number of hydrogen-bond donors (Lipinski definition) is 1. The predicted molar refractivity (Wildman–Crippen MR) is 86.2 cm³/mol. The molecule has 0 atom stereocenters. The first-order chi connectivity index (χ1) is 10.3. The van der Waals surface area contributed by atoms with Gasteiger partial charge in [0.15, 0.2) is 11.5 Å². The summed E-state index contributed by atoms with van der Waals surface area (Å²) in [5.41, 5.74) is 2.15. The van der Waals surface area contributed by atoms with Crippen molar-refractivity contribution >= 4 is 11.3 Å². The van der Waals surface area contributed by atoms with Crippen molar-refractivity contribution in [1.29, 1.82) is 0 Å². The van der Waals surface area contributed by atoms with Crippen molar-refractivity contribution in [2.75, 3.05) is 13.7 Å². The molecule has 1 aromatic heterocycles. The molecule has 2 aromatic rings. The minimum absolute atomic E-state index is 0.474. The van der Waals surface area contributed by atoms with Gasteiger partial charge in [0.2, 0.25) is 0 Å². The highest BCUT2D eigenvalue weighted by molar-refractivity contribution is 7.09. The van der Waals surface area contributed by atoms with Crippen LogP contribution in [0.5, 0.6) is 11.5 Å². The SMILES string of the molecule is CCOc1cc(CNC)ccc1OCc1csc(CC)n1. The maximum absolute atomic E-state index is 5.87. The molecule has 4 nitrogen and oxygen atoms in total. The van der Waals surface area contributed by atoms with Crippen molar-refractivity contribution in [1.82, 2.24) is 10.3 Å². The van der Waals surface area contributed by atoms with Crippen molar-refractivity contribution in [3.05, 3.63) is 39.8 Å². The van der Waals surface area contributed by atoms with Crippen molar-refractivity contribution in [3.8, 4) is 11.5 Å². The normalized spacial score (nSPS) is 10.6. The van der Waals surface area contributed by atoms with Gasteiger partial charge in [-0.3, -0.25) is 0 Å². The fourth-order valence-electron chi connectivity index (χ4n) is 1.98. The summed E-state index contributed by atoms with van der Waals surface area (Å²) in [4.78, 5) is 4.51. The van der Waals surface area contributed by atoms with E-state index in [1.54, 1.807) is 11.3 Å². The van der Waals surface area contributed by atoms with Crippen LogP contribution in [0.3, 0.4) is 0 Å². The van der Waals surface area contributed by atoms with E-state index in [1.165, 1.54) is 5.56 Å². The van der Waals surface area contributed by atoms with Crippen LogP contribution in [0.15, 0.2) is 23.6 Å². The van der Waals surface area contributed by atoms with Crippen molar-refractivity contribution < 1.29 is 9.47 Å². The van der Waals surface area contributed by atoms with Gasteiger partial charge >= 0.3 is 0 Å². The average molecular weight is 306 g/mol. The van der Waals surface area contributed by atoms with E-state index in [4.69, 9.17) is 9.47 Å². The Hall–Kier alpha value is -1.59. The average Bonchev–Trinajstić information content (AvgIpc) is 2.95. The van der Waals surface area contributed by atoms with Gasteiger partial charge in [-0.1, -0.05) is 13.0 Å². The molecule has 0 saturated carbocycles. The summed E-state index contributed by atoms with van der Waals surface area (Å²) in [7, 11) is 1.93. The topological polar surface area (TPSA) is 43.4 Å². The van der Waals surface area contributed by atoms with Gasteiger partial charge in [-0.25, -0.2) is 4.98 Å². The molecule has 21 heavy (non-hydrogen) atoms. The maximum Gasteiger partial charge on any atom is 0.161 e. The zero-order chi connectivity index (χ0) is 15.1. The molecule has 0 spiro atoms. The summed E-state index contributed by atoms with van der Waals surface area (Å²) >= 11 is 1.68. The Morgan fingerprint density at radius 3 is 2.71 bits per heavy atom. The largest absolute Gasteiger partial charge is 0.490 e.